The van der Waals surface area contributed by atoms with Crippen molar-refractivity contribution in [3.8, 4) is 5.75 Å². The molecule has 2 aromatic carbocycles. The van der Waals surface area contributed by atoms with Crippen LogP contribution in [0.3, 0.4) is 0 Å². The second-order valence-electron chi connectivity index (χ2n) is 5.06. The summed E-state index contributed by atoms with van der Waals surface area (Å²) in [5.41, 5.74) is 1.18. The molecule has 0 radical (unpaired) electrons. The van der Waals surface area contributed by atoms with Crippen LogP contribution in [0.2, 0.25) is 5.02 Å². The van der Waals surface area contributed by atoms with E-state index in [1.807, 2.05) is 30.3 Å². The summed E-state index contributed by atoms with van der Waals surface area (Å²) in [4.78, 5) is 2.28. The molecule has 0 aliphatic heterocycles. The number of hydrogen-bond acceptors (Lipinski definition) is 2. The molecule has 3 heteroatoms. The number of para-hydroxylation sites is 1. The van der Waals surface area contributed by atoms with Crippen molar-refractivity contribution in [2.24, 2.45) is 0 Å². The number of unbranched alkanes of at least 4 members (excludes halogenated alkanes) is 1. The smallest absolute Gasteiger partial charge is 0.169 e. The van der Waals surface area contributed by atoms with E-state index >= 15 is 0 Å². The van der Waals surface area contributed by atoms with E-state index in [0.29, 0.717) is 5.02 Å². The SMILES string of the molecule is CCCCN(c1ccccc1)C(C)Oc1cccc(Cl)c1. The van der Waals surface area contributed by atoms with Gasteiger partial charge >= 0.3 is 0 Å². The van der Waals surface area contributed by atoms with Crippen LogP contribution in [0.5, 0.6) is 5.75 Å². The van der Waals surface area contributed by atoms with Gasteiger partial charge in [0.05, 0.1) is 0 Å². The summed E-state index contributed by atoms with van der Waals surface area (Å²) in [6, 6.07) is 17.9. The van der Waals surface area contributed by atoms with Crippen molar-refractivity contribution >= 4 is 17.3 Å². The van der Waals surface area contributed by atoms with Gasteiger partial charge in [-0.2, -0.15) is 0 Å². The van der Waals surface area contributed by atoms with Gasteiger partial charge in [0.2, 0.25) is 0 Å². The highest BCUT2D eigenvalue weighted by molar-refractivity contribution is 6.30. The maximum atomic E-state index is 6.05. The highest BCUT2D eigenvalue weighted by atomic mass is 35.5. The molecule has 0 spiro atoms. The van der Waals surface area contributed by atoms with Crippen molar-refractivity contribution in [1.82, 2.24) is 0 Å². The molecule has 2 aromatic rings. The van der Waals surface area contributed by atoms with Gasteiger partial charge in [-0.25, -0.2) is 0 Å². The Morgan fingerprint density at radius 3 is 2.52 bits per heavy atom. The molecule has 0 N–H and O–H groups in total. The first kappa shape index (κ1) is 15.7. The Bertz CT molecular complexity index is 544. The fraction of sp³-hybridized carbons (Fsp3) is 0.333. The minimum Gasteiger partial charge on any atom is -0.471 e. The van der Waals surface area contributed by atoms with Gasteiger partial charge in [-0.1, -0.05) is 49.2 Å². The van der Waals surface area contributed by atoms with Crippen LogP contribution in [0.15, 0.2) is 54.6 Å². The van der Waals surface area contributed by atoms with Crippen molar-refractivity contribution in [3.63, 3.8) is 0 Å². The highest BCUT2D eigenvalue weighted by Gasteiger charge is 2.15. The summed E-state index contributed by atoms with van der Waals surface area (Å²) in [6.45, 7) is 5.25. The van der Waals surface area contributed by atoms with Crippen LogP contribution >= 0.6 is 11.6 Å². The Kier molecular flexibility index (Phi) is 5.94. The van der Waals surface area contributed by atoms with Crippen LogP contribution in [0.25, 0.3) is 0 Å². The third kappa shape index (κ3) is 4.68. The van der Waals surface area contributed by atoms with Crippen molar-refractivity contribution in [2.45, 2.75) is 32.9 Å². The lowest BCUT2D eigenvalue weighted by molar-refractivity contribution is 0.214. The third-order valence-electron chi connectivity index (χ3n) is 3.38. The molecular weight excluding hydrogens is 282 g/mol. The predicted molar refractivity (Wildman–Crippen MR) is 90.2 cm³/mol. The zero-order chi connectivity index (χ0) is 15.1. The number of benzene rings is 2. The number of nitrogens with zero attached hydrogens (tertiary/aromatic N) is 1. The maximum absolute atomic E-state index is 6.05. The second kappa shape index (κ2) is 7.94. The molecule has 0 aliphatic rings. The molecule has 1 atom stereocenters. The van der Waals surface area contributed by atoms with E-state index < -0.39 is 0 Å². The normalized spacial score (nSPS) is 12.0. The number of hydrogen-bond donors (Lipinski definition) is 0. The van der Waals surface area contributed by atoms with Crippen LogP contribution in [0.1, 0.15) is 26.7 Å². The molecule has 2 rings (SSSR count). The quantitative estimate of drug-likeness (QED) is 0.637. The summed E-state index contributed by atoms with van der Waals surface area (Å²) >= 11 is 6.01. The lowest BCUT2D eigenvalue weighted by Crippen LogP contribution is -2.38. The lowest BCUT2D eigenvalue weighted by Gasteiger charge is -2.31. The Labute approximate surface area is 132 Å². The van der Waals surface area contributed by atoms with Crippen molar-refractivity contribution in [1.29, 1.82) is 0 Å². The Morgan fingerprint density at radius 1 is 1.10 bits per heavy atom. The number of halogens is 1. The average Bonchev–Trinajstić information content (AvgIpc) is 2.49. The molecule has 0 aliphatic carbocycles. The first-order valence-corrected chi connectivity index (χ1v) is 7.82. The van der Waals surface area contributed by atoms with Crippen LogP contribution in [0.4, 0.5) is 5.69 Å². The zero-order valence-corrected chi connectivity index (χ0v) is 13.4. The van der Waals surface area contributed by atoms with Gasteiger partial charge in [-0.15, -0.1) is 0 Å². The van der Waals surface area contributed by atoms with E-state index in [1.165, 1.54) is 5.69 Å². The minimum absolute atomic E-state index is 0.0441. The van der Waals surface area contributed by atoms with Gasteiger partial charge in [0, 0.05) is 17.3 Å². The first-order valence-electron chi connectivity index (χ1n) is 7.44. The molecule has 0 saturated heterocycles. The van der Waals surface area contributed by atoms with Gasteiger partial charge in [0.15, 0.2) is 6.23 Å². The summed E-state index contributed by atoms with van der Waals surface area (Å²) < 4.78 is 6.05. The summed E-state index contributed by atoms with van der Waals surface area (Å²) in [5.74, 6) is 0.799. The largest absolute Gasteiger partial charge is 0.471 e. The lowest BCUT2D eigenvalue weighted by atomic mass is 10.2. The molecule has 112 valence electrons. The molecule has 21 heavy (non-hydrogen) atoms. The molecule has 0 aromatic heterocycles. The minimum atomic E-state index is -0.0441. The second-order valence-corrected chi connectivity index (χ2v) is 5.49. The molecule has 1 unspecified atom stereocenters. The van der Waals surface area contributed by atoms with E-state index in [4.69, 9.17) is 16.3 Å². The van der Waals surface area contributed by atoms with Crippen molar-refractivity contribution in [2.75, 3.05) is 11.4 Å². The van der Waals surface area contributed by atoms with Gasteiger partial charge in [0.25, 0.3) is 0 Å². The maximum Gasteiger partial charge on any atom is 0.169 e. The molecule has 0 amide bonds. The van der Waals surface area contributed by atoms with E-state index in [1.54, 1.807) is 0 Å². The van der Waals surface area contributed by atoms with Crippen molar-refractivity contribution in [3.05, 3.63) is 59.6 Å². The summed E-state index contributed by atoms with van der Waals surface area (Å²) in [6.07, 6.45) is 2.25. The fourth-order valence-electron chi connectivity index (χ4n) is 2.27. The molecule has 0 heterocycles. The van der Waals surface area contributed by atoms with Gasteiger partial charge in [0.1, 0.15) is 5.75 Å². The van der Waals surface area contributed by atoms with E-state index in [0.717, 1.165) is 25.1 Å². The predicted octanol–water partition coefficient (Wildman–Crippen LogP) is 5.37. The summed E-state index contributed by atoms with van der Waals surface area (Å²) in [7, 11) is 0. The van der Waals surface area contributed by atoms with Crippen molar-refractivity contribution < 1.29 is 4.74 Å². The Hall–Kier alpha value is -1.67. The number of rotatable bonds is 7. The van der Waals surface area contributed by atoms with Crippen LogP contribution in [0, 0.1) is 0 Å². The van der Waals surface area contributed by atoms with E-state index in [2.05, 4.69) is 43.0 Å². The Balaban J connectivity index is 2.12. The van der Waals surface area contributed by atoms with E-state index in [9.17, 15) is 0 Å². The van der Waals surface area contributed by atoms with Crippen LogP contribution in [-0.2, 0) is 0 Å². The van der Waals surface area contributed by atoms with Gasteiger partial charge in [-0.05, 0) is 43.7 Å². The fourth-order valence-corrected chi connectivity index (χ4v) is 2.45. The average molecular weight is 304 g/mol. The third-order valence-corrected chi connectivity index (χ3v) is 3.62. The van der Waals surface area contributed by atoms with Gasteiger partial charge in [-0.3, -0.25) is 0 Å². The number of ether oxygens (including phenoxy) is 1. The molecule has 0 fully saturated rings. The standard InChI is InChI=1S/C18H22ClNO/c1-3-4-13-20(17-10-6-5-7-11-17)15(2)21-18-12-8-9-16(19)14-18/h5-12,14-15H,3-4,13H2,1-2H3. The topological polar surface area (TPSA) is 12.5 Å². The molecular formula is C18H22ClNO. The van der Waals surface area contributed by atoms with Gasteiger partial charge < -0.3 is 9.64 Å². The van der Waals surface area contributed by atoms with E-state index in [-0.39, 0.29) is 6.23 Å². The molecule has 0 saturated carbocycles. The summed E-state index contributed by atoms with van der Waals surface area (Å²) in [5, 5.41) is 0.694. The Morgan fingerprint density at radius 2 is 1.86 bits per heavy atom. The molecule has 0 bridgehead atoms. The zero-order valence-electron chi connectivity index (χ0n) is 12.6. The monoisotopic (exact) mass is 303 g/mol. The van der Waals surface area contributed by atoms with Crippen LogP contribution in [-0.4, -0.2) is 12.8 Å². The molecule has 2 nitrogen and oxygen atoms in total. The first-order chi connectivity index (χ1) is 10.2. The van der Waals surface area contributed by atoms with Crippen LogP contribution < -0.4 is 9.64 Å². The number of anilines is 1. The highest BCUT2D eigenvalue weighted by Crippen LogP contribution is 2.22.